The number of carbonyl (C=O) groups is 2. The number of nitrogens with one attached hydrogen (secondary N) is 2. The lowest BCUT2D eigenvalue weighted by Gasteiger charge is -2.30. The minimum Gasteiger partial charge on any atom is -0.494 e. The van der Waals surface area contributed by atoms with Gasteiger partial charge in [-0.25, -0.2) is 14.6 Å². The fourth-order valence-electron chi connectivity index (χ4n) is 2.90. The second kappa shape index (κ2) is 10.2. The lowest BCUT2D eigenvalue weighted by molar-refractivity contribution is 0.0594. The highest BCUT2D eigenvalue weighted by Gasteiger charge is 2.23. The van der Waals surface area contributed by atoms with Crippen molar-refractivity contribution in [2.45, 2.75) is 6.42 Å². The van der Waals surface area contributed by atoms with Crippen LogP contribution < -0.4 is 21.1 Å². The number of amidine groups is 1. The molecular weight excluding hydrogens is 416 g/mol. The first-order valence-corrected chi connectivity index (χ1v) is 9.68. The third-order valence-electron chi connectivity index (χ3n) is 4.63. The van der Waals surface area contributed by atoms with Gasteiger partial charge in [0.2, 0.25) is 0 Å². The van der Waals surface area contributed by atoms with Crippen molar-refractivity contribution in [3.05, 3.63) is 35.5 Å². The molecule has 3 rings (SSSR count). The number of benzene rings is 1. The number of carbonyl (C=O) groups excluding carboxylic acids is 2. The summed E-state index contributed by atoms with van der Waals surface area (Å²) in [6.07, 6.45) is 2.28. The Kier molecular flexibility index (Phi) is 7.16. The summed E-state index contributed by atoms with van der Waals surface area (Å²) in [5.74, 6) is 0.0556. The van der Waals surface area contributed by atoms with Crippen LogP contribution in [0.5, 0.6) is 5.75 Å². The molecule has 1 aliphatic rings. The zero-order valence-corrected chi connectivity index (χ0v) is 18.0. The first-order valence-electron chi connectivity index (χ1n) is 9.68. The van der Waals surface area contributed by atoms with Gasteiger partial charge < -0.3 is 25.4 Å². The molecule has 0 spiro atoms. The summed E-state index contributed by atoms with van der Waals surface area (Å²) in [6.45, 7) is 1.36. The highest BCUT2D eigenvalue weighted by molar-refractivity contribution is 6.05. The summed E-state index contributed by atoms with van der Waals surface area (Å²) in [4.78, 5) is 33.9. The van der Waals surface area contributed by atoms with E-state index in [1.807, 2.05) is 0 Å². The normalized spacial score (nSPS) is 13.5. The number of hydrogen-bond acceptors (Lipinski definition) is 8. The number of rotatable bonds is 7. The number of nitrogens with two attached hydrogens (primary N) is 1. The summed E-state index contributed by atoms with van der Waals surface area (Å²) in [5.41, 5.74) is 7.24. The molecule has 12 heteroatoms. The maximum atomic E-state index is 12.2. The van der Waals surface area contributed by atoms with Crippen molar-refractivity contribution in [3.8, 4) is 5.75 Å². The van der Waals surface area contributed by atoms with Crippen LogP contribution in [-0.2, 0) is 4.74 Å². The monoisotopic (exact) mass is 440 g/mol. The standard InChI is InChI=1S/C20H24N8O4/c1-22-11-23-18(21)12-6-4-7-13(17(12)31-2)24-14-10-15(25-20(30)28-8-5-9-28)26-27-16(14)19(29)32-3/h4,6-7,10-11H,5,8-9H2,1-3H3,(H2,21,22,23)(H2,24,25,26,30). The van der Waals surface area contributed by atoms with Gasteiger partial charge in [0.15, 0.2) is 17.3 Å². The molecule has 1 fully saturated rings. The van der Waals surface area contributed by atoms with Crippen LogP contribution in [0.3, 0.4) is 0 Å². The second-order valence-electron chi connectivity index (χ2n) is 6.65. The van der Waals surface area contributed by atoms with E-state index < -0.39 is 5.97 Å². The fraction of sp³-hybridized carbons (Fsp3) is 0.300. The van der Waals surface area contributed by atoms with Gasteiger partial charge in [0.1, 0.15) is 12.2 Å². The number of likely N-dealkylation sites (tertiary alicyclic amines) is 1. The highest BCUT2D eigenvalue weighted by atomic mass is 16.5. The Morgan fingerprint density at radius 1 is 1.22 bits per heavy atom. The van der Waals surface area contributed by atoms with E-state index in [1.165, 1.54) is 26.6 Å². The van der Waals surface area contributed by atoms with Gasteiger partial charge in [0.25, 0.3) is 0 Å². The lowest BCUT2D eigenvalue weighted by Crippen LogP contribution is -2.44. The Labute approximate surface area is 184 Å². The largest absolute Gasteiger partial charge is 0.494 e. The van der Waals surface area contributed by atoms with Gasteiger partial charge in [0, 0.05) is 26.2 Å². The van der Waals surface area contributed by atoms with Crippen LogP contribution in [0, 0.1) is 0 Å². The molecule has 0 atom stereocenters. The van der Waals surface area contributed by atoms with Crippen LogP contribution in [0.4, 0.5) is 22.0 Å². The van der Waals surface area contributed by atoms with Crippen LogP contribution in [0.15, 0.2) is 34.3 Å². The molecular formula is C20H24N8O4. The van der Waals surface area contributed by atoms with E-state index in [2.05, 4.69) is 30.8 Å². The Balaban J connectivity index is 1.98. The van der Waals surface area contributed by atoms with Gasteiger partial charge in [-0.1, -0.05) is 6.07 Å². The first kappa shape index (κ1) is 22.5. The summed E-state index contributed by atoms with van der Waals surface area (Å²) in [5, 5.41) is 13.6. The van der Waals surface area contributed by atoms with Crippen molar-refractivity contribution in [1.29, 1.82) is 0 Å². The predicted molar refractivity (Wildman–Crippen MR) is 120 cm³/mol. The number of ether oxygens (including phenoxy) is 2. The molecule has 1 saturated heterocycles. The number of urea groups is 1. The summed E-state index contributed by atoms with van der Waals surface area (Å²) >= 11 is 0. The van der Waals surface area contributed by atoms with Gasteiger partial charge in [-0.3, -0.25) is 10.3 Å². The van der Waals surface area contributed by atoms with Crippen LogP contribution in [0.1, 0.15) is 22.5 Å². The minimum atomic E-state index is -0.698. The maximum Gasteiger partial charge on any atom is 0.360 e. The highest BCUT2D eigenvalue weighted by Crippen LogP contribution is 2.32. The lowest BCUT2D eigenvalue weighted by atomic mass is 10.1. The van der Waals surface area contributed by atoms with Gasteiger partial charge in [-0.2, -0.15) is 0 Å². The molecule has 2 heterocycles. The average molecular weight is 440 g/mol. The number of methoxy groups -OCH3 is 2. The molecule has 0 saturated carbocycles. The zero-order valence-electron chi connectivity index (χ0n) is 18.0. The van der Waals surface area contributed by atoms with Crippen LogP contribution in [-0.4, -0.2) is 73.6 Å². The van der Waals surface area contributed by atoms with Crippen molar-refractivity contribution < 1.29 is 19.1 Å². The molecule has 0 unspecified atom stereocenters. The fourth-order valence-corrected chi connectivity index (χ4v) is 2.90. The number of nitrogens with zero attached hydrogens (tertiary/aromatic N) is 5. The van der Waals surface area contributed by atoms with Gasteiger partial charge in [-0.15, -0.1) is 10.2 Å². The van der Waals surface area contributed by atoms with E-state index in [0.717, 1.165) is 6.42 Å². The van der Waals surface area contributed by atoms with E-state index in [1.54, 1.807) is 30.1 Å². The average Bonchev–Trinajstić information content (AvgIpc) is 2.75. The predicted octanol–water partition coefficient (Wildman–Crippen LogP) is 1.62. The number of aliphatic imine (C=N–C) groups is 2. The topological polar surface area (TPSA) is 156 Å². The Morgan fingerprint density at radius 2 is 2.00 bits per heavy atom. The van der Waals surface area contributed by atoms with Crippen LogP contribution in [0.2, 0.25) is 0 Å². The summed E-state index contributed by atoms with van der Waals surface area (Å²) in [7, 11) is 4.30. The summed E-state index contributed by atoms with van der Waals surface area (Å²) < 4.78 is 10.3. The quantitative estimate of drug-likeness (QED) is 0.333. The molecule has 0 bridgehead atoms. The van der Waals surface area contributed by atoms with Gasteiger partial charge >= 0.3 is 12.0 Å². The molecule has 32 heavy (non-hydrogen) atoms. The van der Waals surface area contributed by atoms with E-state index in [9.17, 15) is 9.59 Å². The van der Waals surface area contributed by atoms with E-state index in [-0.39, 0.29) is 29.1 Å². The molecule has 1 aliphatic heterocycles. The molecule has 168 valence electrons. The van der Waals surface area contributed by atoms with Crippen molar-refractivity contribution in [2.24, 2.45) is 15.7 Å². The molecule has 0 aliphatic carbocycles. The maximum absolute atomic E-state index is 12.2. The third-order valence-corrected chi connectivity index (χ3v) is 4.63. The van der Waals surface area contributed by atoms with Gasteiger partial charge in [0.05, 0.1) is 31.2 Å². The van der Waals surface area contributed by atoms with Crippen molar-refractivity contribution in [3.63, 3.8) is 0 Å². The molecule has 2 amide bonds. The number of para-hydroxylation sites is 1. The zero-order chi connectivity index (χ0) is 23.1. The van der Waals surface area contributed by atoms with Crippen molar-refractivity contribution >= 4 is 41.4 Å². The minimum absolute atomic E-state index is 0.0679. The van der Waals surface area contributed by atoms with E-state index >= 15 is 0 Å². The number of hydrogen-bond donors (Lipinski definition) is 3. The molecule has 4 N–H and O–H groups in total. The molecule has 12 nitrogen and oxygen atoms in total. The van der Waals surface area contributed by atoms with E-state index in [4.69, 9.17) is 15.2 Å². The van der Waals surface area contributed by atoms with E-state index in [0.29, 0.717) is 30.1 Å². The third kappa shape index (κ3) is 4.91. The Bertz CT molecular complexity index is 1070. The Hall–Kier alpha value is -4.22. The number of amides is 2. The number of esters is 1. The number of anilines is 3. The SMILES string of the molecule is CN=CN=C(N)c1cccc(Nc2cc(NC(=O)N3CCC3)nnc2C(=O)OC)c1OC. The van der Waals surface area contributed by atoms with Crippen molar-refractivity contribution in [2.75, 3.05) is 45.0 Å². The number of aromatic nitrogens is 2. The Morgan fingerprint density at radius 3 is 2.62 bits per heavy atom. The molecule has 2 aromatic rings. The van der Waals surface area contributed by atoms with Crippen molar-refractivity contribution in [1.82, 2.24) is 15.1 Å². The molecule has 1 aromatic heterocycles. The summed E-state index contributed by atoms with van der Waals surface area (Å²) in [6, 6.07) is 6.40. The van der Waals surface area contributed by atoms with Gasteiger partial charge in [-0.05, 0) is 18.6 Å². The smallest absolute Gasteiger partial charge is 0.360 e. The van der Waals surface area contributed by atoms with Crippen LogP contribution >= 0.6 is 0 Å². The second-order valence-corrected chi connectivity index (χ2v) is 6.65. The molecule has 0 radical (unpaired) electrons. The van der Waals surface area contributed by atoms with Crippen LogP contribution in [0.25, 0.3) is 0 Å². The molecule has 1 aromatic carbocycles. The first-order chi connectivity index (χ1) is 15.5.